The maximum absolute atomic E-state index is 13.0. The third-order valence-electron chi connectivity index (χ3n) is 5.11. The molecule has 166 valence electrons. The Bertz CT molecular complexity index is 1080. The largest absolute Gasteiger partial charge is 0.497 e. The number of ether oxygens (including phenoxy) is 2. The molecule has 0 radical (unpaired) electrons. The zero-order valence-corrected chi connectivity index (χ0v) is 18.6. The number of hydrogen-bond donors (Lipinski definition) is 1. The van der Waals surface area contributed by atoms with Gasteiger partial charge in [0.25, 0.3) is 5.91 Å². The van der Waals surface area contributed by atoms with E-state index in [0.29, 0.717) is 17.1 Å². The van der Waals surface area contributed by atoms with Crippen molar-refractivity contribution in [3.63, 3.8) is 0 Å². The Hall–Kier alpha value is -3.11. The van der Waals surface area contributed by atoms with Crippen LogP contribution in [-0.2, 0) is 20.4 Å². The summed E-state index contributed by atoms with van der Waals surface area (Å²) < 4.78 is 36.2. The number of sulfonamides is 1. The Morgan fingerprint density at radius 1 is 1.06 bits per heavy atom. The third kappa shape index (κ3) is 4.35. The molecule has 2 aromatic rings. The molecule has 1 saturated heterocycles. The summed E-state index contributed by atoms with van der Waals surface area (Å²) in [5.41, 5.74) is -0.584. The second kappa shape index (κ2) is 8.56. The minimum atomic E-state index is -3.52. The summed E-state index contributed by atoms with van der Waals surface area (Å²) in [6, 6.07) is 12.4. The van der Waals surface area contributed by atoms with Crippen LogP contribution in [0.1, 0.15) is 12.5 Å². The molecule has 0 unspecified atom stereocenters. The molecule has 2 aromatic carbocycles. The monoisotopic (exact) mass is 447 g/mol. The van der Waals surface area contributed by atoms with Gasteiger partial charge in [-0.25, -0.2) is 17.5 Å². The van der Waals surface area contributed by atoms with Crippen LogP contribution in [-0.4, -0.2) is 63.9 Å². The van der Waals surface area contributed by atoms with Crippen LogP contribution in [0.3, 0.4) is 0 Å². The number of amides is 3. The van der Waals surface area contributed by atoms with Gasteiger partial charge in [0.05, 0.1) is 18.6 Å². The summed E-state index contributed by atoms with van der Waals surface area (Å²) in [6.45, 7) is 1.75. The van der Waals surface area contributed by atoms with E-state index >= 15 is 0 Å². The summed E-state index contributed by atoms with van der Waals surface area (Å²) in [4.78, 5) is 26.6. The maximum atomic E-state index is 13.0. The number of urea groups is 1. The van der Waals surface area contributed by atoms with E-state index in [1.807, 2.05) is 0 Å². The quantitative estimate of drug-likeness (QED) is 0.619. The number of hydrogen-bond acceptors (Lipinski definition) is 6. The molecule has 31 heavy (non-hydrogen) atoms. The number of rotatable bonds is 8. The summed E-state index contributed by atoms with van der Waals surface area (Å²) in [6.07, 6.45) is 0. The van der Waals surface area contributed by atoms with Crippen LogP contribution in [0.15, 0.2) is 53.4 Å². The highest BCUT2D eigenvalue weighted by molar-refractivity contribution is 7.89. The van der Waals surface area contributed by atoms with Crippen LogP contribution in [0.5, 0.6) is 11.5 Å². The van der Waals surface area contributed by atoms with Crippen molar-refractivity contribution in [3.8, 4) is 11.5 Å². The van der Waals surface area contributed by atoms with Crippen LogP contribution in [0.4, 0.5) is 4.79 Å². The molecule has 0 bridgehead atoms. The Kier molecular flexibility index (Phi) is 6.23. The van der Waals surface area contributed by atoms with Gasteiger partial charge in [-0.05, 0) is 48.9 Å². The van der Waals surface area contributed by atoms with E-state index in [1.165, 1.54) is 45.5 Å². The van der Waals surface area contributed by atoms with Crippen molar-refractivity contribution in [1.29, 1.82) is 0 Å². The molecular formula is C21H25N3O6S. The predicted molar refractivity (Wildman–Crippen MR) is 113 cm³/mol. The van der Waals surface area contributed by atoms with E-state index in [-0.39, 0.29) is 24.0 Å². The van der Waals surface area contributed by atoms with Crippen molar-refractivity contribution >= 4 is 22.0 Å². The lowest BCUT2D eigenvalue weighted by Crippen LogP contribution is -2.41. The van der Waals surface area contributed by atoms with Gasteiger partial charge in [0.15, 0.2) is 0 Å². The molecule has 0 spiro atoms. The number of imide groups is 1. The molecule has 1 atom stereocenters. The van der Waals surface area contributed by atoms with Crippen molar-refractivity contribution in [1.82, 2.24) is 14.5 Å². The molecule has 1 N–H and O–H groups in total. The van der Waals surface area contributed by atoms with Crippen LogP contribution in [0.2, 0.25) is 0 Å². The Morgan fingerprint density at radius 2 is 1.74 bits per heavy atom. The molecular weight excluding hydrogens is 422 g/mol. The van der Waals surface area contributed by atoms with Crippen LogP contribution in [0, 0.1) is 0 Å². The molecule has 3 amide bonds. The first-order chi connectivity index (χ1) is 14.6. The summed E-state index contributed by atoms with van der Waals surface area (Å²) in [5, 5.41) is 2.74. The van der Waals surface area contributed by atoms with Crippen LogP contribution >= 0.6 is 0 Å². The minimum absolute atomic E-state index is 0.0436. The first-order valence-electron chi connectivity index (χ1n) is 9.53. The van der Waals surface area contributed by atoms with E-state index in [9.17, 15) is 18.0 Å². The fraction of sp³-hybridized carbons (Fsp3) is 0.333. The zero-order chi connectivity index (χ0) is 22.8. The SMILES string of the molecule is COc1cccc([C@@]2(C)NC(=O)N(CCOc3ccc(S(=O)(=O)N(C)C)cc3)C2=O)c1. The second-order valence-electron chi connectivity index (χ2n) is 7.35. The fourth-order valence-corrected chi connectivity index (χ4v) is 4.10. The lowest BCUT2D eigenvalue weighted by atomic mass is 9.92. The van der Waals surface area contributed by atoms with E-state index in [0.717, 1.165) is 9.21 Å². The van der Waals surface area contributed by atoms with Crippen molar-refractivity contribution in [2.45, 2.75) is 17.4 Å². The Morgan fingerprint density at radius 3 is 2.35 bits per heavy atom. The Balaban J connectivity index is 1.65. The number of benzene rings is 2. The van der Waals surface area contributed by atoms with Crippen molar-refractivity contribution in [3.05, 3.63) is 54.1 Å². The molecule has 0 saturated carbocycles. The number of carbonyl (C=O) groups is 2. The summed E-state index contributed by atoms with van der Waals surface area (Å²) in [5.74, 6) is 0.629. The summed E-state index contributed by atoms with van der Waals surface area (Å²) in [7, 11) is 0.918. The molecule has 10 heteroatoms. The standard InChI is InChI=1S/C21H25N3O6S/c1-21(15-6-5-7-17(14-15)29-4)19(25)24(20(26)22-21)12-13-30-16-8-10-18(11-9-16)31(27,28)23(2)3/h5-11,14H,12-13H2,1-4H3,(H,22,26)/t21-/m1/s1. The number of carbonyl (C=O) groups excluding carboxylic acids is 2. The zero-order valence-electron chi connectivity index (χ0n) is 17.8. The first kappa shape index (κ1) is 22.6. The molecule has 1 fully saturated rings. The smallest absolute Gasteiger partial charge is 0.325 e. The van der Waals surface area contributed by atoms with Crippen molar-refractivity contribution in [2.24, 2.45) is 0 Å². The maximum Gasteiger partial charge on any atom is 0.325 e. The lowest BCUT2D eigenvalue weighted by molar-refractivity contribution is -0.131. The predicted octanol–water partition coefficient (Wildman–Crippen LogP) is 1.79. The first-order valence-corrected chi connectivity index (χ1v) is 11.0. The highest BCUT2D eigenvalue weighted by Gasteiger charge is 2.48. The third-order valence-corrected chi connectivity index (χ3v) is 6.94. The molecule has 1 heterocycles. The van der Waals surface area contributed by atoms with Crippen molar-refractivity contribution in [2.75, 3.05) is 34.4 Å². The number of methoxy groups -OCH3 is 1. The summed E-state index contributed by atoms with van der Waals surface area (Å²) >= 11 is 0. The fourth-order valence-electron chi connectivity index (χ4n) is 3.20. The average Bonchev–Trinajstić information content (AvgIpc) is 2.98. The van der Waals surface area contributed by atoms with Gasteiger partial charge >= 0.3 is 6.03 Å². The highest BCUT2D eigenvalue weighted by Crippen LogP contribution is 2.30. The number of nitrogens with zero attached hydrogens (tertiary/aromatic N) is 2. The second-order valence-corrected chi connectivity index (χ2v) is 9.50. The van der Waals surface area contributed by atoms with Gasteiger partial charge in [-0.3, -0.25) is 9.69 Å². The van der Waals surface area contributed by atoms with E-state index in [1.54, 1.807) is 31.2 Å². The van der Waals surface area contributed by atoms with E-state index in [4.69, 9.17) is 9.47 Å². The number of nitrogens with one attached hydrogen (secondary N) is 1. The van der Waals surface area contributed by atoms with E-state index in [2.05, 4.69) is 5.32 Å². The van der Waals surface area contributed by atoms with Crippen LogP contribution in [0.25, 0.3) is 0 Å². The normalized spacial score (nSPS) is 18.9. The van der Waals surface area contributed by atoms with Gasteiger partial charge in [-0.2, -0.15) is 0 Å². The molecule has 9 nitrogen and oxygen atoms in total. The average molecular weight is 448 g/mol. The Labute approximate surface area is 181 Å². The highest BCUT2D eigenvalue weighted by atomic mass is 32.2. The molecule has 0 aliphatic carbocycles. The van der Waals surface area contributed by atoms with Gasteiger partial charge in [-0.15, -0.1) is 0 Å². The topological polar surface area (TPSA) is 105 Å². The molecule has 0 aromatic heterocycles. The van der Waals surface area contributed by atoms with Gasteiger partial charge in [0, 0.05) is 14.1 Å². The molecule has 1 aliphatic heterocycles. The van der Waals surface area contributed by atoms with Gasteiger partial charge < -0.3 is 14.8 Å². The minimum Gasteiger partial charge on any atom is -0.497 e. The van der Waals surface area contributed by atoms with Crippen molar-refractivity contribution < 1.29 is 27.5 Å². The lowest BCUT2D eigenvalue weighted by Gasteiger charge is -2.22. The van der Waals surface area contributed by atoms with Gasteiger partial charge in [-0.1, -0.05) is 12.1 Å². The van der Waals surface area contributed by atoms with Gasteiger partial charge in [0.1, 0.15) is 23.6 Å². The molecule has 1 aliphatic rings. The van der Waals surface area contributed by atoms with Crippen LogP contribution < -0.4 is 14.8 Å². The van der Waals surface area contributed by atoms with E-state index < -0.39 is 21.6 Å². The van der Waals surface area contributed by atoms with Gasteiger partial charge in [0.2, 0.25) is 10.0 Å². The molecule has 3 rings (SSSR count).